The van der Waals surface area contributed by atoms with Crippen molar-refractivity contribution in [2.75, 3.05) is 19.6 Å². The fraction of sp³-hybridized carbons (Fsp3) is 1.00. The SMILES string of the molecule is C[C@H](N)CN1CCCCCCC1. The van der Waals surface area contributed by atoms with Gasteiger partial charge in [0.25, 0.3) is 0 Å². The van der Waals surface area contributed by atoms with E-state index >= 15 is 0 Å². The maximum atomic E-state index is 5.77. The van der Waals surface area contributed by atoms with E-state index < -0.39 is 0 Å². The minimum atomic E-state index is 0.337. The molecule has 1 aliphatic rings. The molecule has 1 fully saturated rings. The minimum absolute atomic E-state index is 0.337. The van der Waals surface area contributed by atoms with Crippen molar-refractivity contribution in [2.24, 2.45) is 5.73 Å². The molecule has 1 heterocycles. The van der Waals surface area contributed by atoms with Gasteiger partial charge in [0.15, 0.2) is 0 Å². The molecule has 0 aromatic carbocycles. The van der Waals surface area contributed by atoms with Gasteiger partial charge in [-0.3, -0.25) is 0 Å². The summed E-state index contributed by atoms with van der Waals surface area (Å²) < 4.78 is 0. The van der Waals surface area contributed by atoms with Crippen LogP contribution >= 0.6 is 0 Å². The van der Waals surface area contributed by atoms with Gasteiger partial charge >= 0.3 is 0 Å². The van der Waals surface area contributed by atoms with Crippen molar-refractivity contribution >= 4 is 0 Å². The fourth-order valence-electron chi connectivity index (χ4n) is 1.90. The Balaban J connectivity index is 2.20. The molecule has 0 radical (unpaired) electrons. The Morgan fingerprint density at radius 2 is 1.58 bits per heavy atom. The number of nitrogens with zero attached hydrogens (tertiary/aromatic N) is 1. The maximum absolute atomic E-state index is 5.77. The lowest BCUT2D eigenvalue weighted by Crippen LogP contribution is -2.37. The van der Waals surface area contributed by atoms with Crippen molar-refractivity contribution in [3.63, 3.8) is 0 Å². The predicted octanol–water partition coefficient (Wildman–Crippen LogP) is 1.60. The van der Waals surface area contributed by atoms with Crippen LogP contribution in [0.1, 0.15) is 39.0 Å². The number of nitrogens with two attached hydrogens (primary N) is 1. The highest BCUT2D eigenvalue weighted by molar-refractivity contribution is 4.66. The zero-order valence-corrected chi connectivity index (χ0v) is 8.26. The number of likely N-dealkylation sites (tertiary alicyclic amines) is 1. The largest absolute Gasteiger partial charge is 0.327 e. The lowest BCUT2D eigenvalue weighted by atomic mass is 10.1. The Labute approximate surface area is 76.1 Å². The Morgan fingerprint density at radius 3 is 2.08 bits per heavy atom. The van der Waals surface area contributed by atoms with Crippen LogP contribution in [0.5, 0.6) is 0 Å². The molecule has 0 spiro atoms. The third kappa shape index (κ3) is 4.07. The summed E-state index contributed by atoms with van der Waals surface area (Å²) in [6.07, 6.45) is 7.00. The molecule has 72 valence electrons. The van der Waals surface area contributed by atoms with E-state index in [2.05, 4.69) is 11.8 Å². The molecule has 12 heavy (non-hydrogen) atoms. The molecule has 1 rings (SSSR count). The Hall–Kier alpha value is -0.0800. The van der Waals surface area contributed by atoms with Crippen LogP contribution in [0.2, 0.25) is 0 Å². The summed E-state index contributed by atoms with van der Waals surface area (Å²) in [6.45, 7) is 5.71. The van der Waals surface area contributed by atoms with E-state index in [4.69, 9.17) is 5.73 Å². The van der Waals surface area contributed by atoms with E-state index in [0.29, 0.717) is 6.04 Å². The average Bonchev–Trinajstić information content (AvgIpc) is 1.93. The van der Waals surface area contributed by atoms with Gasteiger partial charge in [0.2, 0.25) is 0 Å². The number of hydrogen-bond acceptors (Lipinski definition) is 2. The molecule has 2 N–H and O–H groups in total. The summed E-state index contributed by atoms with van der Waals surface area (Å²) in [4.78, 5) is 2.52. The second-order valence-corrected chi connectivity index (χ2v) is 4.05. The van der Waals surface area contributed by atoms with Gasteiger partial charge in [-0.25, -0.2) is 0 Å². The Kier molecular flexibility index (Phi) is 4.62. The van der Waals surface area contributed by atoms with Crippen LogP contribution in [0.15, 0.2) is 0 Å². The van der Waals surface area contributed by atoms with Crippen molar-refractivity contribution in [3.05, 3.63) is 0 Å². The molecule has 0 aromatic rings. The van der Waals surface area contributed by atoms with E-state index in [1.807, 2.05) is 0 Å². The van der Waals surface area contributed by atoms with E-state index in [1.165, 1.54) is 45.2 Å². The number of hydrogen-bond donors (Lipinski definition) is 1. The second kappa shape index (κ2) is 5.55. The smallest absolute Gasteiger partial charge is 0.0139 e. The van der Waals surface area contributed by atoms with E-state index in [0.717, 1.165) is 6.54 Å². The molecule has 0 amide bonds. The van der Waals surface area contributed by atoms with Crippen molar-refractivity contribution in [1.82, 2.24) is 4.90 Å². The van der Waals surface area contributed by atoms with Crippen LogP contribution in [0.3, 0.4) is 0 Å². The van der Waals surface area contributed by atoms with Gasteiger partial charge in [0.1, 0.15) is 0 Å². The summed E-state index contributed by atoms with van der Waals surface area (Å²) in [5.74, 6) is 0. The molecule has 1 saturated heterocycles. The highest BCUT2D eigenvalue weighted by Crippen LogP contribution is 2.10. The van der Waals surface area contributed by atoms with Crippen molar-refractivity contribution < 1.29 is 0 Å². The van der Waals surface area contributed by atoms with Gasteiger partial charge in [0.05, 0.1) is 0 Å². The molecular formula is C10H22N2. The van der Waals surface area contributed by atoms with Crippen LogP contribution in [-0.4, -0.2) is 30.6 Å². The minimum Gasteiger partial charge on any atom is -0.327 e. The third-order valence-electron chi connectivity index (χ3n) is 2.49. The van der Waals surface area contributed by atoms with Gasteiger partial charge in [-0.2, -0.15) is 0 Å². The molecule has 2 nitrogen and oxygen atoms in total. The molecule has 0 aliphatic carbocycles. The molecule has 0 unspecified atom stereocenters. The normalized spacial score (nSPS) is 24.5. The summed E-state index contributed by atoms with van der Waals surface area (Å²) in [5.41, 5.74) is 5.77. The summed E-state index contributed by atoms with van der Waals surface area (Å²) in [7, 11) is 0. The predicted molar refractivity (Wildman–Crippen MR) is 53.2 cm³/mol. The molecule has 0 aromatic heterocycles. The van der Waals surface area contributed by atoms with E-state index in [9.17, 15) is 0 Å². The highest BCUT2D eigenvalue weighted by Gasteiger charge is 2.08. The van der Waals surface area contributed by atoms with Crippen LogP contribution < -0.4 is 5.73 Å². The zero-order chi connectivity index (χ0) is 8.81. The van der Waals surface area contributed by atoms with E-state index in [1.54, 1.807) is 0 Å². The third-order valence-corrected chi connectivity index (χ3v) is 2.49. The first-order chi connectivity index (χ1) is 5.79. The van der Waals surface area contributed by atoms with Gasteiger partial charge in [-0.1, -0.05) is 19.3 Å². The topological polar surface area (TPSA) is 29.3 Å². The molecule has 2 heteroatoms. The van der Waals surface area contributed by atoms with Gasteiger partial charge in [-0.15, -0.1) is 0 Å². The number of rotatable bonds is 2. The molecule has 0 bridgehead atoms. The molecular weight excluding hydrogens is 148 g/mol. The van der Waals surface area contributed by atoms with Gasteiger partial charge in [0, 0.05) is 12.6 Å². The lowest BCUT2D eigenvalue weighted by Gasteiger charge is -2.25. The first kappa shape index (κ1) is 10.0. The highest BCUT2D eigenvalue weighted by atomic mass is 15.1. The van der Waals surface area contributed by atoms with Crippen LogP contribution in [-0.2, 0) is 0 Å². The first-order valence-corrected chi connectivity index (χ1v) is 5.27. The molecule has 0 saturated carbocycles. The Morgan fingerprint density at radius 1 is 1.08 bits per heavy atom. The van der Waals surface area contributed by atoms with Crippen molar-refractivity contribution in [2.45, 2.75) is 45.1 Å². The first-order valence-electron chi connectivity index (χ1n) is 5.27. The summed E-state index contributed by atoms with van der Waals surface area (Å²) in [5, 5.41) is 0. The molecule has 1 aliphatic heterocycles. The maximum Gasteiger partial charge on any atom is 0.0139 e. The van der Waals surface area contributed by atoms with Crippen LogP contribution in [0.25, 0.3) is 0 Å². The van der Waals surface area contributed by atoms with Crippen LogP contribution in [0, 0.1) is 0 Å². The monoisotopic (exact) mass is 170 g/mol. The van der Waals surface area contributed by atoms with E-state index in [-0.39, 0.29) is 0 Å². The second-order valence-electron chi connectivity index (χ2n) is 4.05. The average molecular weight is 170 g/mol. The Bertz CT molecular complexity index is 104. The van der Waals surface area contributed by atoms with Gasteiger partial charge < -0.3 is 10.6 Å². The summed E-state index contributed by atoms with van der Waals surface area (Å²) in [6, 6.07) is 0.337. The quantitative estimate of drug-likeness (QED) is 0.682. The van der Waals surface area contributed by atoms with Crippen molar-refractivity contribution in [1.29, 1.82) is 0 Å². The standard InChI is InChI=1S/C10H22N2/c1-10(11)9-12-7-5-3-2-4-6-8-12/h10H,2-9,11H2,1H3/t10-/m0/s1. The van der Waals surface area contributed by atoms with Gasteiger partial charge in [-0.05, 0) is 32.9 Å². The molecule has 1 atom stereocenters. The zero-order valence-electron chi connectivity index (χ0n) is 8.26. The van der Waals surface area contributed by atoms with Crippen molar-refractivity contribution in [3.8, 4) is 0 Å². The van der Waals surface area contributed by atoms with Crippen LogP contribution in [0.4, 0.5) is 0 Å². The fourth-order valence-corrected chi connectivity index (χ4v) is 1.90. The lowest BCUT2D eigenvalue weighted by molar-refractivity contribution is 0.237. The summed E-state index contributed by atoms with van der Waals surface area (Å²) >= 11 is 0.